The second kappa shape index (κ2) is 8.98. The van der Waals surface area contributed by atoms with Crippen molar-refractivity contribution < 1.29 is 14.5 Å². The molecular weight excluding hydrogens is 364 g/mol. The molecule has 10 nitrogen and oxygen atoms in total. The molecule has 1 aliphatic rings. The van der Waals surface area contributed by atoms with E-state index in [1.807, 2.05) is 17.9 Å². The highest BCUT2D eigenvalue weighted by Gasteiger charge is 2.30. The summed E-state index contributed by atoms with van der Waals surface area (Å²) in [6.45, 7) is 2.46. The molecule has 1 fully saturated rings. The highest BCUT2D eigenvalue weighted by atomic mass is 16.6. The molecule has 3 rings (SSSR count). The monoisotopic (exact) mass is 386 g/mol. The van der Waals surface area contributed by atoms with Gasteiger partial charge < -0.3 is 9.64 Å². The summed E-state index contributed by atoms with van der Waals surface area (Å²) in [5.74, 6) is 0.238. The summed E-state index contributed by atoms with van der Waals surface area (Å²) in [7, 11) is 0. The number of aromatic nitrogens is 2. The van der Waals surface area contributed by atoms with Crippen molar-refractivity contribution in [3.8, 4) is 5.75 Å². The Morgan fingerprint density at radius 3 is 2.82 bits per heavy atom. The Morgan fingerprint density at radius 2 is 2.11 bits per heavy atom. The van der Waals surface area contributed by atoms with Crippen LogP contribution in [0.15, 0.2) is 36.7 Å². The lowest BCUT2D eigenvalue weighted by molar-refractivity contribution is -0.383. The van der Waals surface area contributed by atoms with Crippen molar-refractivity contribution in [3.63, 3.8) is 0 Å². The molecule has 1 aromatic heterocycles. The third kappa shape index (κ3) is 4.64. The van der Waals surface area contributed by atoms with Gasteiger partial charge in [-0.1, -0.05) is 18.2 Å². The van der Waals surface area contributed by atoms with Gasteiger partial charge in [0.25, 0.3) is 5.91 Å². The van der Waals surface area contributed by atoms with Crippen LogP contribution in [0.2, 0.25) is 0 Å². The molecule has 0 saturated carbocycles. The molecule has 1 aromatic carbocycles. The number of carbonyl (C=O) groups excluding carboxylic acids is 1. The minimum absolute atomic E-state index is 0.0687. The van der Waals surface area contributed by atoms with Crippen LogP contribution in [-0.4, -0.2) is 40.0 Å². The molecule has 0 radical (unpaired) electrons. The summed E-state index contributed by atoms with van der Waals surface area (Å²) in [5, 5.41) is 11.7. The Morgan fingerprint density at radius 1 is 1.32 bits per heavy atom. The first-order chi connectivity index (χ1) is 13.6. The molecule has 1 saturated heterocycles. The molecule has 1 aliphatic heterocycles. The van der Waals surface area contributed by atoms with Crippen LogP contribution in [0.25, 0.3) is 0 Å². The maximum absolute atomic E-state index is 12.0. The quantitative estimate of drug-likeness (QED) is 0.549. The lowest BCUT2D eigenvalue weighted by Crippen LogP contribution is -2.39. The Balaban J connectivity index is 1.68. The molecule has 1 unspecified atom stereocenters. The number of hydrogen-bond donors (Lipinski definition) is 2. The number of benzene rings is 1. The van der Waals surface area contributed by atoms with E-state index in [9.17, 15) is 14.9 Å². The topological polar surface area (TPSA) is 123 Å². The highest BCUT2D eigenvalue weighted by Crippen LogP contribution is 2.34. The first kappa shape index (κ1) is 19.3. The molecule has 10 heteroatoms. The van der Waals surface area contributed by atoms with Gasteiger partial charge in [0, 0.05) is 12.6 Å². The molecule has 28 heavy (non-hydrogen) atoms. The van der Waals surface area contributed by atoms with E-state index < -0.39 is 10.8 Å². The molecule has 1 amide bonds. The summed E-state index contributed by atoms with van der Waals surface area (Å²) in [5.41, 5.74) is 4.64. The first-order valence-electron chi connectivity index (χ1n) is 9.05. The Bertz CT molecular complexity index is 832. The van der Waals surface area contributed by atoms with Crippen molar-refractivity contribution in [1.29, 1.82) is 0 Å². The molecule has 2 N–H and O–H groups in total. The fraction of sp³-hybridized carbons (Fsp3) is 0.389. The van der Waals surface area contributed by atoms with E-state index in [1.165, 1.54) is 6.33 Å². The predicted molar refractivity (Wildman–Crippen MR) is 103 cm³/mol. The number of hydrogen-bond acceptors (Lipinski definition) is 8. The number of nitrogens with one attached hydrogen (secondary N) is 2. The summed E-state index contributed by atoms with van der Waals surface area (Å²) in [6.07, 6.45) is 4.22. The van der Waals surface area contributed by atoms with Gasteiger partial charge in [-0.25, -0.2) is 9.97 Å². The molecule has 0 spiro atoms. The number of amides is 1. The molecule has 1 atom stereocenters. The summed E-state index contributed by atoms with van der Waals surface area (Å²) in [6, 6.07) is 9.01. The largest absolute Gasteiger partial charge is 0.484 e. The van der Waals surface area contributed by atoms with Gasteiger partial charge in [-0.2, -0.15) is 0 Å². The van der Waals surface area contributed by atoms with E-state index in [-0.39, 0.29) is 30.0 Å². The van der Waals surface area contributed by atoms with Crippen LogP contribution in [0.4, 0.5) is 17.3 Å². The number of anilines is 2. The van der Waals surface area contributed by atoms with Crippen molar-refractivity contribution in [2.24, 2.45) is 0 Å². The Kier molecular flexibility index (Phi) is 6.20. The Labute approximate surface area is 162 Å². The van der Waals surface area contributed by atoms with E-state index in [0.29, 0.717) is 12.3 Å². The SMILES string of the molecule is CC1CCCCN1c1ncnc(NNC(=O)COc2ccccc2)c1[N+](=O)[O-]. The van der Waals surface area contributed by atoms with Crippen molar-refractivity contribution >= 4 is 23.2 Å². The van der Waals surface area contributed by atoms with Crippen LogP contribution < -0.4 is 20.5 Å². The van der Waals surface area contributed by atoms with Gasteiger partial charge in [0.05, 0.1) is 4.92 Å². The second-order valence-corrected chi connectivity index (χ2v) is 6.46. The molecular formula is C18H22N6O4. The normalized spacial score (nSPS) is 16.3. The maximum Gasteiger partial charge on any atom is 0.355 e. The van der Waals surface area contributed by atoms with Crippen molar-refractivity contribution in [1.82, 2.24) is 15.4 Å². The van der Waals surface area contributed by atoms with Gasteiger partial charge in [-0.15, -0.1) is 0 Å². The van der Waals surface area contributed by atoms with E-state index in [2.05, 4.69) is 20.8 Å². The second-order valence-electron chi connectivity index (χ2n) is 6.46. The van der Waals surface area contributed by atoms with Crippen molar-refractivity contribution in [2.45, 2.75) is 32.2 Å². The van der Waals surface area contributed by atoms with E-state index in [4.69, 9.17) is 4.74 Å². The third-order valence-corrected chi connectivity index (χ3v) is 4.49. The minimum Gasteiger partial charge on any atom is -0.484 e. The van der Waals surface area contributed by atoms with Crippen LogP contribution in [0.5, 0.6) is 5.75 Å². The van der Waals surface area contributed by atoms with E-state index in [1.54, 1.807) is 24.3 Å². The fourth-order valence-corrected chi connectivity index (χ4v) is 3.08. The number of hydrazine groups is 1. The number of piperidine rings is 1. The maximum atomic E-state index is 12.0. The first-order valence-corrected chi connectivity index (χ1v) is 9.05. The van der Waals surface area contributed by atoms with Crippen molar-refractivity contribution in [2.75, 3.05) is 23.5 Å². The number of nitro groups is 1. The van der Waals surface area contributed by atoms with Gasteiger partial charge in [0.2, 0.25) is 11.6 Å². The average Bonchev–Trinajstić information content (AvgIpc) is 2.71. The van der Waals surface area contributed by atoms with Gasteiger partial charge in [-0.3, -0.25) is 25.8 Å². The van der Waals surface area contributed by atoms with Crippen LogP contribution in [0.3, 0.4) is 0 Å². The molecule has 2 aromatic rings. The summed E-state index contributed by atoms with van der Waals surface area (Å²) < 4.78 is 5.34. The van der Waals surface area contributed by atoms with Crippen LogP contribution in [0.1, 0.15) is 26.2 Å². The zero-order valence-electron chi connectivity index (χ0n) is 15.5. The number of rotatable bonds is 7. The predicted octanol–water partition coefficient (Wildman–Crippen LogP) is 2.29. The molecule has 0 aliphatic carbocycles. The summed E-state index contributed by atoms with van der Waals surface area (Å²) >= 11 is 0. The van der Waals surface area contributed by atoms with Gasteiger partial charge in [-0.05, 0) is 38.3 Å². The van der Waals surface area contributed by atoms with Crippen LogP contribution in [0, 0.1) is 10.1 Å². The highest BCUT2D eigenvalue weighted by molar-refractivity contribution is 5.80. The molecule has 2 heterocycles. The minimum atomic E-state index is -0.536. The Hall–Kier alpha value is -3.43. The number of carbonyl (C=O) groups is 1. The zero-order valence-corrected chi connectivity index (χ0v) is 15.5. The van der Waals surface area contributed by atoms with Gasteiger partial charge in [0.1, 0.15) is 12.1 Å². The van der Waals surface area contributed by atoms with E-state index in [0.717, 1.165) is 19.3 Å². The average molecular weight is 386 g/mol. The van der Waals surface area contributed by atoms with Crippen LogP contribution >= 0.6 is 0 Å². The summed E-state index contributed by atoms with van der Waals surface area (Å²) in [4.78, 5) is 33.1. The number of ether oxygens (including phenoxy) is 1. The van der Waals surface area contributed by atoms with Crippen molar-refractivity contribution in [3.05, 3.63) is 46.8 Å². The molecule has 0 bridgehead atoms. The van der Waals surface area contributed by atoms with Gasteiger partial charge in [0.15, 0.2) is 6.61 Å². The number of nitrogens with zero attached hydrogens (tertiary/aromatic N) is 4. The number of para-hydroxylation sites is 1. The standard InChI is InChI=1S/C18H22N6O4/c1-13-7-5-6-10-23(13)18-16(24(26)27)17(19-12-20-18)22-21-15(25)11-28-14-8-3-2-4-9-14/h2-4,8-9,12-13H,5-7,10-11H2,1H3,(H,21,25)(H,19,20,22). The van der Waals surface area contributed by atoms with Gasteiger partial charge >= 0.3 is 5.69 Å². The lowest BCUT2D eigenvalue weighted by Gasteiger charge is -2.33. The fourth-order valence-electron chi connectivity index (χ4n) is 3.08. The zero-order chi connectivity index (χ0) is 19.9. The van der Waals surface area contributed by atoms with E-state index >= 15 is 0 Å². The third-order valence-electron chi connectivity index (χ3n) is 4.49. The smallest absolute Gasteiger partial charge is 0.355 e. The van der Waals surface area contributed by atoms with Crippen LogP contribution in [-0.2, 0) is 4.79 Å². The lowest BCUT2D eigenvalue weighted by atomic mass is 10.0. The molecule has 148 valence electrons.